The molecule has 0 radical (unpaired) electrons. The predicted molar refractivity (Wildman–Crippen MR) is 51.7 cm³/mol. The van der Waals surface area contributed by atoms with E-state index in [1.54, 1.807) is 24.3 Å². The summed E-state index contributed by atoms with van der Waals surface area (Å²) in [5.41, 5.74) is 5.96. The van der Waals surface area contributed by atoms with Crippen molar-refractivity contribution in [2.45, 2.75) is 0 Å². The molecule has 0 saturated carbocycles. The van der Waals surface area contributed by atoms with Crippen LogP contribution < -0.4 is 5.73 Å². The summed E-state index contributed by atoms with van der Waals surface area (Å²) in [4.78, 5) is 0. The topological polar surface area (TPSA) is 66.5 Å². The lowest BCUT2D eigenvalue weighted by molar-refractivity contribution is 0.476. The van der Waals surface area contributed by atoms with Gasteiger partial charge in [-0.15, -0.1) is 0 Å². The van der Waals surface area contributed by atoms with Gasteiger partial charge in [0.2, 0.25) is 0 Å². The number of hydrogen-bond donors (Lipinski definition) is 3. The lowest BCUT2D eigenvalue weighted by atomic mass is 10.1. The number of rotatable bonds is 0. The first-order valence-electron chi connectivity index (χ1n) is 3.88. The molecule has 0 heterocycles. The lowest BCUT2D eigenvalue weighted by Gasteiger charge is -2.04. The maximum absolute atomic E-state index is 9.49. The first kappa shape index (κ1) is 7.73. The number of phenols is 2. The van der Waals surface area contributed by atoms with Crippen molar-refractivity contribution < 1.29 is 10.2 Å². The molecule has 0 aliphatic heterocycles. The molecule has 0 aliphatic rings. The quantitative estimate of drug-likeness (QED) is 0.535. The van der Waals surface area contributed by atoms with Crippen molar-refractivity contribution in [3.63, 3.8) is 0 Å². The third-order valence-electron chi connectivity index (χ3n) is 1.97. The Morgan fingerprint density at radius 3 is 2.46 bits per heavy atom. The van der Waals surface area contributed by atoms with E-state index >= 15 is 0 Å². The van der Waals surface area contributed by atoms with Gasteiger partial charge in [0.15, 0.2) is 0 Å². The van der Waals surface area contributed by atoms with Gasteiger partial charge in [-0.2, -0.15) is 0 Å². The van der Waals surface area contributed by atoms with Gasteiger partial charge in [-0.05, 0) is 12.1 Å². The number of phenolic OH excluding ortho intramolecular Hbond substituents is 2. The smallest absolute Gasteiger partial charge is 0.125 e. The van der Waals surface area contributed by atoms with E-state index in [1.807, 2.05) is 0 Å². The Morgan fingerprint density at radius 1 is 0.923 bits per heavy atom. The molecule has 0 atom stereocenters. The first-order valence-corrected chi connectivity index (χ1v) is 3.88. The number of anilines is 1. The average molecular weight is 175 g/mol. The molecule has 0 fully saturated rings. The first-order chi connectivity index (χ1) is 6.18. The molecule has 3 nitrogen and oxygen atoms in total. The second-order valence-corrected chi connectivity index (χ2v) is 2.91. The van der Waals surface area contributed by atoms with Crippen molar-refractivity contribution in [1.82, 2.24) is 0 Å². The van der Waals surface area contributed by atoms with E-state index in [2.05, 4.69) is 0 Å². The van der Waals surface area contributed by atoms with Crippen LogP contribution in [-0.2, 0) is 0 Å². The van der Waals surface area contributed by atoms with Gasteiger partial charge in [0.1, 0.15) is 11.5 Å². The average Bonchev–Trinajstić information content (AvgIpc) is 2.07. The van der Waals surface area contributed by atoms with E-state index in [1.165, 1.54) is 6.07 Å². The fourth-order valence-electron chi connectivity index (χ4n) is 1.37. The highest BCUT2D eigenvalue weighted by Gasteiger charge is 2.03. The molecule has 13 heavy (non-hydrogen) atoms. The Hall–Kier alpha value is -1.90. The van der Waals surface area contributed by atoms with Crippen molar-refractivity contribution in [2.24, 2.45) is 0 Å². The van der Waals surface area contributed by atoms with E-state index in [4.69, 9.17) is 5.73 Å². The highest BCUT2D eigenvalue weighted by molar-refractivity contribution is 5.95. The van der Waals surface area contributed by atoms with Crippen LogP contribution in [-0.4, -0.2) is 10.2 Å². The van der Waals surface area contributed by atoms with Gasteiger partial charge < -0.3 is 15.9 Å². The Balaban J connectivity index is 2.94. The minimum atomic E-state index is 0.0888. The van der Waals surface area contributed by atoms with E-state index in [0.717, 1.165) is 0 Å². The highest BCUT2D eigenvalue weighted by atomic mass is 16.3. The molecule has 0 bridgehead atoms. The van der Waals surface area contributed by atoms with Crippen LogP contribution in [0.2, 0.25) is 0 Å². The van der Waals surface area contributed by atoms with E-state index < -0.39 is 0 Å². The second-order valence-electron chi connectivity index (χ2n) is 2.91. The molecule has 2 aromatic carbocycles. The monoisotopic (exact) mass is 175 g/mol. The van der Waals surface area contributed by atoms with E-state index in [0.29, 0.717) is 16.5 Å². The zero-order valence-electron chi connectivity index (χ0n) is 6.86. The van der Waals surface area contributed by atoms with Crippen LogP contribution in [0.1, 0.15) is 0 Å². The van der Waals surface area contributed by atoms with Crippen molar-refractivity contribution in [3.05, 3.63) is 30.3 Å². The Labute approximate surface area is 75.0 Å². The molecule has 2 aromatic rings. The third-order valence-corrected chi connectivity index (χ3v) is 1.97. The molecule has 0 aliphatic carbocycles. The SMILES string of the molecule is Nc1cc(O)c2cccc(O)c2c1. The molecule has 0 saturated heterocycles. The highest BCUT2D eigenvalue weighted by Crippen LogP contribution is 2.32. The van der Waals surface area contributed by atoms with Gasteiger partial charge in [-0.25, -0.2) is 0 Å². The maximum atomic E-state index is 9.49. The summed E-state index contributed by atoms with van der Waals surface area (Å²) >= 11 is 0. The summed E-state index contributed by atoms with van der Waals surface area (Å²) in [6, 6.07) is 8.05. The molecule has 0 aromatic heterocycles. The van der Waals surface area contributed by atoms with Crippen molar-refractivity contribution in [3.8, 4) is 11.5 Å². The Bertz CT molecular complexity index is 466. The van der Waals surface area contributed by atoms with Crippen LogP contribution in [0.15, 0.2) is 30.3 Å². The minimum absolute atomic E-state index is 0.0888. The van der Waals surface area contributed by atoms with Crippen molar-refractivity contribution in [1.29, 1.82) is 0 Å². The van der Waals surface area contributed by atoms with Gasteiger partial charge >= 0.3 is 0 Å². The van der Waals surface area contributed by atoms with Crippen LogP contribution in [0.3, 0.4) is 0 Å². The van der Waals surface area contributed by atoms with Crippen LogP contribution in [0.4, 0.5) is 5.69 Å². The van der Waals surface area contributed by atoms with Crippen molar-refractivity contribution in [2.75, 3.05) is 5.73 Å². The molecule has 0 spiro atoms. The second kappa shape index (κ2) is 2.55. The summed E-state index contributed by atoms with van der Waals surface area (Å²) < 4.78 is 0. The summed E-state index contributed by atoms with van der Waals surface area (Å²) in [7, 11) is 0. The van der Waals surface area contributed by atoms with Gasteiger partial charge in [0.25, 0.3) is 0 Å². The molecule has 2 rings (SSSR count). The summed E-state index contributed by atoms with van der Waals surface area (Å²) in [6.45, 7) is 0. The largest absolute Gasteiger partial charge is 0.507 e. The number of fused-ring (bicyclic) bond motifs is 1. The fourth-order valence-corrected chi connectivity index (χ4v) is 1.37. The lowest BCUT2D eigenvalue weighted by Crippen LogP contribution is -1.84. The summed E-state index contributed by atoms with van der Waals surface area (Å²) in [6.07, 6.45) is 0. The molecule has 3 heteroatoms. The number of aromatic hydroxyl groups is 2. The van der Waals surface area contributed by atoms with Gasteiger partial charge in [-0.3, -0.25) is 0 Å². The van der Waals surface area contributed by atoms with E-state index in [-0.39, 0.29) is 11.5 Å². The molecule has 0 amide bonds. The Morgan fingerprint density at radius 2 is 1.69 bits per heavy atom. The standard InChI is InChI=1S/C10H9NO2/c11-6-4-8-7(10(13)5-6)2-1-3-9(8)12/h1-5,12-13H,11H2. The minimum Gasteiger partial charge on any atom is -0.507 e. The zero-order chi connectivity index (χ0) is 9.42. The fraction of sp³-hybridized carbons (Fsp3) is 0. The normalized spacial score (nSPS) is 10.5. The number of benzene rings is 2. The summed E-state index contributed by atoms with van der Waals surface area (Å²) in [5, 5.41) is 20.1. The summed E-state index contributed by atoms with van der Waals surface area (Å²) in [5.74, 6) is 0.214. The molecule has 4 N–H and O–H groups in total. The van der Waals surface area contributed by atoms with E-state index in [9.17, 15) is 10.2 Å². The van der Waals surface area contributed by atoms with Gasteiger partial charge in [0.05, 0.1) is 0 Å². The van der Waals surface area contributed by atoms with Crippen LogP contribution >= 0.6 is 0 Å². The van der Waals surface area contributed by atoms with Crippen molar-refractivity contribution >= 4 is 16.5 Å². The zero-order valence-corrected chi connectivity index (χ0v) is 6.86. The number of nitrogen functional groups attached to an aromatic ring is 1. The van der Waals surface area contributed by atoms with Gasteiger partial charge in [0, 0.05) is 22.5 Å². The van der Waals surface area contributed by atoms with Crippen LogP contribution in [0.5, 0.6) is 11.5 Å². The molecule has 66 valence electrons. The Kier molecular flexibility index (Phi) is 1.52. The number of hydrogen-bond acceptors (Lipinski definition) is 3. The molecular weight excluding hydrogens is 166 g/mol. The molecule has 0 unspecified atom stereocenters. The van der Waals surface area contributed by atoms with Crippen LogP contribution in [0, 0.1) is 0 Å². The van der Waals surface area contributed by atoms with Crippen LogP contribution in [0.25, 0.3) is 10.8 Å². The predicted octanol–water partition coefficient (Wildman–Crippen LogP) is 1.83. The maximum Gasteiger partial charge on any atom is 0.125 e. The molecular formula is C10H9NO2. The number of nitrogens with two attached hydrogens (primary N) is 1. The third kappa shape index (κ3) is 1.14. The van der Waals surface area contributed by atoms with Gasteiger partial charge in [-0.1, -0.05) is 12.1 Å².